The maximum atomic E-state index is 6.53. The van der Waals surface area contributed by atoms with Crippen LogP contribution in [-0.2, 0) is 6.42 Å². The van der Waals surface area contributed by atoms with E-state index >= 15 is 0 Å². The molecule has 21 heavy (non-hydrogen) atoms. The first-order valence-corrected chi connectivity index (χ1v) is 8.74. The van der Waals surface area contributed by atoms with Crippen LogP contribution in [0.2, 0.25) is 0 Å². The number of fused-ring (bicyclic) bond motifs is 1. The lowest BCUT2D eigenvalue weighted by molar-refractivity contribution is 0.480. The number of nitrogens with two attached hydrogens (primary N) is 1. The molecule has 2 N–H and O–H groups in total. The fourth-order valence-corrected chi connectivity index (χ4v) is 4.44. The molecule has 0 radical (unpaired) electrons. The van der Waals surface area contributed by atoms with E-state index < -0.39 is 0 Å². The molecule has 3 rings (SSSR count). The third-order valence-electron chi connectivity index (χ3n) is 4.53. The molecule has 2 atom stereocenters. The second-order valence-corrected chi connectivity index (χ2v) is 6.86. The number of aryl methyl sites for hydroxylation is 2. The zero-order valence-electron chi connectivity index (χ0n) is 12.9. The van der Waals surface area contributed by atoms with Gasteiger partial charge in [-0.15, -0.1) is 11.3 Å². The molecular weight excluding hydrogens is 276 g/mol. The standard InChI is InChI=1S/C18H24N2S/c1-3-15(19)17(18-13(2)10-12-21-18)20-11-6-8-14-7-4-5-9-16(14)20/h4-5,7,9-10,12,15,17H,3,6,8,11,19H2,1-2H3. The highest BCUT2D eigenvalue weighted by Gasteiger charge is 2.30. The Morgan fingerprint density at radius 1 is 1.29 bits per heavy atom. The number of rotatable bonds is 4. The van der Waals surface area contributed by atoms with Gasteiger partial charge in [-0.25, -0.2) is 0 Å². The Kier molecular flexibility index (Phi) is 4.32. The summed E-state index contributed by atoms with van der Waals surface area (Å²) in [6.45, 7) is 5.50. The molecule has 1 aromatic carbocycles. The Morgan fingerprint density at radius 3 is 2.81 bits per heavy atom. The quantitative estimate of drug-likeness (QED) is 0.912. The number of hydrogen-bond donors (Lipinski definition) is 1. The van der Waals surface area contributed by atoms with Gasteiger partial charge in [0.05, 0.1) is 6.04 Å². The van der Waals surface area contributed by atoms with Gasteiger partial charge in [-0.05, 0) is 54.8 Å². The van der Waals surface area contributed by atoms with Crippen LogP contribution in [0.4, 0.5) is 5.69 Å². The first-order chi connectivity index (χ1) is 10.2. The summed E-state index contributed by atoms with van der Waals surface area (Å²) in [4.78, 5) is 3.98. The smallest absolute Gasteiger partial charge is 0.0788 e. The third kappa shape index (κ3) is 2.72. The molecule has 2 heterocycles. The van der Waals surface area contributed by atoms with Gasteiger partial charge in [0, 0.05) is 23.2 Å². The minimum atomic E-state index is 0.175. The number of nitrogens with zero attached hydrogens (tertiary/aromatic N) is 1. The van der Waals surface area contributed by atoms with Gasteiger partial charge in [-0.3, -0.25) is 0 Å². The summed E-state index contributed by atoms with van der Waals surface area (Å²) in [5.74, 6) is 0. The highest BCUT2D eigenvalue weighted by molar-refractivity contribution is 7.10. The van der Waals surface area contributed by atoms with Crippen LogP contribution in [0.5, 0.6) is 0 Å². The van der Waals surface area contributed by atoms with Crippen molar-refractivity contribution in [1.29, 1.82) is 0 Å². The largest absolute Gasteiger partial charge is 0.362 e. The highest BCUT2D eigenvalue weighted by Crippen LogP contribution is 2.38. The van der Waals surface area contributed by atoms with Crippen LogP contribution in [0, 0.1) is 6.92 Å². The van der Waals surface area contributed by atoms with Crippen LogP contribution in [-0.4, -0.2) is 12.6 Å². The molecule has 0 fully saturated rings. The van der Waals surface area contributed by atoms with E-state index in [0.717, 1.165) is 13.0 Å². The van der Waals surface area contributed by atoms with Gasteiger partial charge in [-0.1, -0.05) is 25.1 Å². The van der Waals surface area contributed by atoms with Crippen LogP contribution in [0.1, 0.15) is 41.8 Å². The van der Waals surface area contributed by atoms with Crippen molar-refractivity contribution in [3.63, 3.8) is 0 Å². The molecule has 0 saturated carbocycles. The fraction of sp³-hybridized carbons (Fsp3) is 0.444. The Bertz CT molecular complexity index is 605. The predicted molar refractivity (Wildman–Crippen MR) is 92.2 cm³/mol. The van der Waals surface area contributed by atoms with Crippen molar-refractivity contribution in [3.8, 4) is 0 Å². The van der Waals surface area contributed by atoms with Crippen LogP contribution in [0.15, 0.2) is 35.7 Å². The maximum Gasteiger partial charge on any atom is 0.0788 e. The summed E-state index contributed by atoms with van der Waals surface area (Å²) in [7, 11) is 0. The summed E-state index contributed by atoms with van der Waals surface area (Å²) >= 11 is 1.85. The maximum absolute atomic E-state index is 6.53. The van der Waals surface area contributed by atoms with Crippen LogP contribution in [0.3, 0.4) is 0 Å². The second-order valence-electron chi connectivity index (χ2n) is 5.91. The predicted octanol–water partition coefficient (Wildman–Crippen LogP) is 4.29. The van der Waals surface area contributed by atoms with Gasteiger partial charge < -0.3 is 10.6 Å². The average molecular weight is 300 g/mol. The van der Waals surface area contributed by atoms with E-state index in [1.165, 1.54) is 34.5 Å². The first-order valence-electron chi connectivity index (χ1n) is 7.86. The monoisotopic (exact) mass is 300 g/mol. The van der Waals surface area contributed by atoms with Crippen molar-refractivity contribution in [3.05, 3.63) is 51.7 Å². The van der Waals surface area contributed by atoms with Crippen molar-refractivity contribution in [2.45, 2.75) is 45.2 Å². The zero-order valence-corrected chi connectivity index (χ0v) is 13.7. The summed E-state index contributed by atoms with van der Waals surface area (Å²) < 4.78 is 0. The van der Waals surface area contributed by atoms with Gasteiger partial charge >= 0.3 is 0 Å². The van der Waals surface area contributed by atoms with Gasteiger partial charge in [0.1, 0.15) is 0 Å². The van der Waals surface area contributed by atoms with Crippen LogP contribution >= 0.6 is 11.3 Å². The summed E-state index contributed by atoms with van der Waals surface area (Å²) in [5.41, 5.74) is 10.7. The lowest BCUT2D eigenvalue weighted by Crippen LogP contribution is -2.43. The molecule has 2 aromatic rings. The van der Waals surface area contributed by atoms with Gasteiger partial charge in [0.15, 0.2) is 0 Å². The molecule has 0 spiro atoms. The van der Waals surface area contributed by atoms with E-state index in [4.69, 9.17) is 5.73 Å². The SMILES string of the molecule is CCC(N)C(c1sccc1C)N1CCCc2ccccc21. The van der Waals surface area contributed by atoms with E-state index in [2.05, 4.69) is 54.5 Å². The molecule has 112 valence electrons. The van der Waals surface area contributed by atoms with Crippen molar-refractivity contribution < 1.29 is 0 Å². The van der Waals surface area contributed by atoms with Crippen molar-refractivity contribution >= 4 is 17.0 Å². The highest BCUT2D eigenvalue weighted by atomic mass is 32.1. The Hall–Kier alpha value is -1.32. The lowest BCUT2D eigenvalue weighted by Gasteiger charge is -2.40. The Morgan fingerprint density at radius 2 is 2.10 bits per heavy atom. The summed E-state index contributed by atoms with van der Waals surface area (Å²) in [6.07, 6.45) is 3.40. The normalized spacial score (nSPS) is 17.4. The fourth-order valence-electron chi connectivity index (χ4n) is 3.33. The van der Waals surface area contributed by atoms with Crippen LogP contribution < -0.4 is 10.6 Å². The molecule has 1 aromatic heterocycles. The Balaban J connectivity index is 2.04. The average Bonchev–Trinajstić information content (AvgIpc) is 2.93. The van der Waals surface area contributed by atoms with Crippen molar-refractivity contribution in [2.75, 3.05) is 11.4 Å². The molecule has 2 unspecified atom stereocenters. The van der Waals surface area contributed by atoms with E-state index in [9.17, 15) is 0 Å². The third-order valence-corrected chi connectivity index (χ3v) is 5.62. The second kappa shape index (κ2) is 6.20. The first kappa shape index (κ1) is 14.6. The number of benzene rings is 1. The minimum Gasteiger partial charge on any atom is -0.362 e. The van der Waals surface area contributed by atoms with Crippen molar-refractivity contribution in [2.24, 2.45) is 5.73 Å². The number of hydrogen-bond acceptors (Lipinski definition) is 3. The topological polar surface area (TPSA) is 29.3 Å². The zero-order chi connectivity index (χ0) is 14.8. The summed E-state index contributed by atoms with van der Waals surface area (Å²) in [6, 6.07) is 11.5. The lowest BCUT2D eigenvalue weighted by atomic mass is 9.94. The van der Waals surface area contributed by atoms with E-state index in [-0.39, 0.29) is 6.04 Å². The summed E-state index contributed by atoms with van der Waals surface area (Å²) in [5, 5.41) is 2.19. The molecule has 1 aliphatic heterocycles. The number of anilines is 1. The minimum absolute atomic E-state index is 0.175. The van der Waals surface area contributed by atoms with Gasteiger partial charge in [0.2, 0.25) is 0 Å². The van der Waals surface area contributed by atoms with E-state index in [0.29, 0.717) is 6.04 Å². The molecule has 2 nitrogen and oxygen atoms in total. The van der Waals surface area contributed by atoms with E-state index in [1.54, 1.807) is 0 Å². The number of thiophene rings is 1. The Labute approximate surface area is 131 Å². The van der Waals surface area contributed by atoms with E-state index in [1.807, 2.05) is 11.3 Å². The number of para-hydroxylation sites is 1. The van der Waals surface area contributed by atoms with Gasteiger partial charge in [-0.2, -0.15) is 0 Å². The van der Waals surface area contributed by atoms with Crippen LogP contribution in [0.25, 0.3) is 0 Å². The molecule has 0 bridgehead atoms. The molecule has 0 amide bonds. The van der Waals surface area contributed by atoms with Crippen molar-refractivity contribution in [1.82, 2.24) is 0 Å². The molecule has 3 heteroatoms. The van der Waals surface area contributed by atoms with Gasteiger partial charge in [0.25, 0.3) is 0 Å². The molecule has 0 saturated heterocycles. The molecule has 1 aliphatic rings. The molecular formula is C18H24N2S. The molecule has 0 aliphatic carbocycles.